The summed E-state index contributed by atoms with van der Waals surface area (Å²) < 4.78 is 5.40. The minimum Gasteiger partial charge on any atom is -0.494 e. The molecule has 0 amide bonds. The van der Waals surface area contributed by atoms with Gasteiger partial charge in [-0.1, -0.05) is 0 Å². The van der Waals surface area contributed by atoms with Crippen molar-refractivity contribution in [1.29, 1.82) is 0 Å². The topological polar surface area (TPSA) is 72.3 Å². The van der Waals surface area contributed by atoms with Crippen LogP contribution in [0.25, 0.3) is 22.2 Å². The second kappa shape index (κ2) is 5.81. The van der Waals surface area contributed by atoms with Gasteiger partial charge in [0.15, 0.2) is 0 Å². The number of carboxylic acids is 1. The average Bonchev–Trinajstić information content (AvgIpc) is 2.54. The highest BCUT2D eigenvalue weighted by Crippen LogP contribution is 2.26. The maximum Gasteiger partial charge on any atom is 0.336 e. The van der Waals surface area contributed by atoms with Gasteiger partial charge in [0, 0.05) is 17.1 Å². The SMILES string of the molecule is CCOc1ccc(-c2cc(C(=O)O)c3ccncc3n2)cc1. The first-order valence-corrected chi connectivity index (χ1v) is 6.90. The van der Waals surface area contributed by atoms with Gasteiger partial charge >= 0.3 is 5.97 Å². The van der Waals surface area contributed by atoms with E-state index in [2.05, 4.69) is 9.97 Å². The standard InChI is InChI=1S/C17H14N2O3/c1-2-22-12-5-3-11(4-6-12)15-9-14(17(20)21)13-7-8-18-10-16(13)19-15/h3-10H,2H2,1H3,(H,20,21). The normalized spacial score (nSPS) is 10.6. The van der Waals surface area contributed by atoms with Crippen LogP contribution in [0.4, 0.5) is 0 Å². The number of aromatic nitrogens is 2. The third kappa shape index (κ3) is 2.61. The Balaban J connectivity index is 2.12. The summed E-state index contributed by atoms with van der Waals surface area (Å²) in [4.78, 5) is 20.0. The lowest BCUT2D eigenvalue weighted by atomic mass is 10.1. The first kappa shape index (κ1) is 14.0. The van der Waals surface area contributed by atoms with E-state index in [1.165, 1.54) is 0 Å². The maximum absolute atomic E-state index is 11.5. The second-order valence-electron chi connectivity index (χ2n) is 4.71. The van der Waals surface area contributed by atoms with Gasteiger partial charge in [-0.25, -0.2) is 9.78 Å². The molecule has 0 aliphatic carbocycles. The quantitative estimate of drug-likeness (QED) is 0.798. The van der Waals surface area contributed by atoms with Gasteiger partial charge in [-0.3, -0.25) is 4.98 Å². The highest BCUT2D eigenvalue weighted by Gasteiger charge is 2.12. The molecule has 0 fully saturated rings. The molecular formula is C17H14N2O3. The van der Waals surface area contributed by atoms with Crippen LogP contribution in [-0.4, -0.2) is 27.7 Å². The number of carboxylic acid groups (broad SMARTS) is 1. The molecule has 2 heterocycles. The predicted octanol–water partition coefficient (Wildman–Crippen LogP) is 3.39. The molecule has 0 bridgehead atoms. The molecule has 5 nitrogen and oxygen atoms in total. The average molecular weight is 294 g/mol. The highest BCUT2D eigenvalue weighted by molar-refractivity contribution is 6.03. The summed E-state index contributed by atoms with van der Waals surface area (Å²) in [5.74, 6) is -0.210. The van der Waals surface area contributed by atoms with Gasteiger partial charge in [-0.15, -0.1) is 0 Å². The van der Waals surface area contributed by atoms with Crippen LogP contribution in [0.1, 0.15) is 17.3 Å². The van der Waals surface area contributed by atoms with Crippen molar-refractivity contribution in [1.82, 2.24) is 9.97 Å². The number of ether oxygens (including phenoxy) is 1. The van der Waals surface area contributed by atoms with E-state index in [-0.39, 0.29) is 5.56 Å². The molecule has 0 saturated carbocycles. The van der Waals surface area contributed by atoms with Crippen LogP contribution >= 0.6 is 0 Å². The number of benzene rings is 1. The van der Waals surface area contributed by atoms with E-state index < -0.39 is 5.97 Å². The summed E-state index contributed by atoms with van der Waals surface area (Å²) in [5, 5.41) is 9.98. The van der Waals surface area contributed by atoms with Crippen LogP contribution in [0, 0.1) is 0 Å². The first-order valence-electron chi connectivity index (χ1n) is 6.90. The number of rotatable bonds is 4. The molecule has 0 aliphatic heterocycles. The van der Waals surface area contributed by atoms with E-state index >= 15 is 0 Å². The van der Waals surface area contributed by atoms with Crippen molar-refractivity contribution >= 4 is 16.9 Å². The number of hydrogen-bond donors (Lipinski definition) is 1. The Labute approximate surface area is 127 Å². The minimum absolute atomic E-state index is 0.219. The molecule has 110 valence electrons. The van der Waals surface area contributed by atoms with Gasteiger partial charge in [0.2, 0.25) is 0 Å². The molecule has 2 aromatic heterocycles. The van der Waals surface area contributed by atoms with Gasteiger partial charge in [0.1, 0.15) is 5.75 Å². The van der Waals surface area contributed by atoms with E-state index in [9.17, 15) is 9.90 Å². The molecule has 22 heavy (non-hydrogen) atoms. The van der Waals surface area contributed by atoms with Crippen molar-refractivity contribution in [2.24, 2.45) is 0 Å². The van der Waals surface area contributed by atoms with Crippen LogP contribution in [0.15, 0.2) is 48.8 Å². The van der Waals surface area contributed by atoms with Crippen LogP contribution < -0.4 is 4.74 Å². The lowest BCUT2D eigenvalue weighted by molar-refractivity contribution is 0.0699. The van der Waals surface area contributed by atoms with E-state index in [0.29, 0.717) is 23.2 Å². The lowest BCUT2D eigenvalue weighted by Gasteiger charge is -2.08. The predicted molar refractivity (Wildman–Crippen MR) is 83.1 cm³/mol. The van der Waals surface area contributed by atoms with Gasteiger partial charge in [0.25, 0.3) is 0 Å². The zero-order valence-corrected chi connectivity index (χ0v) is 12.0. The van der Waals surface area contributed by atoms with Crippen molar-refractivity contribution in [2.75, 3.05) is 6.61 Å². The number of carbonyl (C=O) groups is 1. The van der Waals surface area contributed by atoms with Crippen LogP contribution in [-0.2, 0) is 0 Å². The molecule has 0 saturated heterocycles. The Morgan fingerprint density at radius 1 is 1.23 bits per heavy atom. The molecule has 0 spiro atoms. The molecule has 1 N–H and O–H groups in total. The van der Waals surface area contributed by atoms with Crippen molar-refractivity contribution in [3.05, 3.63) is 54.4 Å². The fourth-order valence-corrected chi connectivity index (χ4v) is 2.29. The fraction of sp³-hybridized carbons (Fsp3) is 0.118. The number of pyridine rings is 2. The molecule has 0 aliphatic rings. The number of fused-ring (bicyclic) bond motifs is 1. The molecule has 5 heteroatoms. The molecule has 0 unspecified atom stereocenters. The lowest BCUT2D eigenvalue weighted by Crippen LogP contribution is -2.00. The Bertz CT molecular complexity index is 829. The molecule has 0 radical (unpaired) electrons. The monoisotopic (exact) mass is 294 g/mol. The van der Waals surface area contributed by atoms with Crippen LogP contribution in [0.3, 0.4) is 0 Å². The van der Waals surface area contributed by atoms with Gasteiger partial charge in [-0.2, -0.15) is 0 Å². The molecule has 0 atom stereocenters. The molecule has 3 aromatic rings. The summed E-state index contributed by atoms with van der Waals surface area (Å²) in [7, 11) is 0. The zero-order chi connectivity index (χ0) is 15.5. The van der Waals surface area contributed by atoms with E-state index in [1.54, 1.807) is 24.5 Å². The van der Waals surface area contributed by atoms with Crippen molar-refractivity contribution in [3.63, 3.8) is 0 Å². The van der Waals surface area contributed by atoms with E-state index in [4.69, 9.17) is 4.74 Å². The first-order chi connectivity index (χ1) is 10.7. The third-order valence-corrected chi connectivity index (χ3v) is 3.30. The second-order valence-corrected chi connectivity index (χ2v) is 4.71. The maximum atomic E-state index is 11.5. The van der Waals surface area contributed by atoms with Gasteiger partial charge in [0.05, 0.1) is 29.6 Å². The highest BCUT2D eigenvalue weighted by atomic mass is 16.5. The third-order valence-electron chi connectivity index (χ3n) is 3.30. The van der Waals surface area contributed by atoms with Crippen molar-refractivity contribution in [2.45, 2.75) is 6.92 Å². The minimum atomic E-state index is -0.981. The summed E-state index contributed by atoms with van der Waals surface area (Å²) in [5.41, 5.74) is 2.21. The van der Waals surface area contributed by atoms with Crippen LogP contribution in [0.2, 0.25) is 0 Å². The van der Waals surface area contributed by atoms with E-state index in [1.807, 2.05) is 31.2 Å². The Kier molecular flexibility index (Phi) is 3.70. The Hall–Kier alpha value is -2.95. The molecular weight excluding hydrogens is 280 g/mol. The summed E-state index contributed by atoms with van der Waals surface area (Å²) in [6.07, 6.45) is 3.13. The van der Waals surface area contributed by atoms with Gasteiger partial charge in [-0.05, 0) is 43.3 Å². The summed E-state index contributed by atoms with van der Waals surface area (Å²) in [6, 6.07) is 10.7. The Morgan fingerprint density at radius 2 is 2.00 bits per heavy atom. The smallest absolute Gasteiger partial charge is 0.336 e. The van der Waals surface area contributed by atoms with Crippen molar-refractivity contribution < 1.29 is 14.6 Å². The fourth-order valence-electron chi connectivity index (χ4n) is 2.29. The largest absolute Gasteiger partial charge is 0.494 e. The summed E-state index contributed by atoms with van der Waals surface area (Å²) >= 11 is 0. The number of hydrogen-bond acceptors (Lipinski definition) is 4. The van der Waals surface area contributed by atoms with E-state index in [0.717, 1.165) is 11.3 Å². The number of nitrogens with zero attached hydrogens (tertiary/aromatic N) is 2. The Morgan fingerprint density at radius 3 is 2.68 bits per heavy atom. The number of aromatic carboxylic acids is 1. The van der Waals surface area contributed by atoms with Crippen molar-refractivity contribution in [3.8, 4) is 17.0 Å². The van der Waals surface area contributed by atoms with Gasteiger partial charge < -0.3 is 9.84 Å². The molecule has 3 rings (SSSR count). The summed E-state index contributed by atoms with van der Waals surface area (Å²) in [6.45, 7) is 2.52. The zero-order valence-electron chi connectivity index (χ0n) is 12.0. The van der Waals surface area contributed by atoms with Crippen LogP contribution in [0.5, 0.6) is 5.75 Å². The molecule has 1 aromatic carbocycles.